The summed E-state index contributed by atoms with van der Waals surface area (Å²) in [7, 11) is 0. The van der Waals surface area contributed by atoms with E-state index in [-0.39, 0.29) is 5.88 Å². The first-order valence-electron chi connectivity index (χ1n) is 5.81. The van der Waals surface area contributed by atoms with Crippen LogP contribution < -0.4 is 10.5 Å². The van der Waals surface area contributed by atoms with Gasteiger partial charge in [0.05, 0.1) is 5.69 Å². The molecule has 0 saturated heterocycles. The molecule has 0 radical (unpaired) electrons. The summed E-state index contributed by atoms with van der Waals surface area (Å²) in [5.41, 5.74) is 9.13. The number of hydrogen-bond acceptors (Lipinski definition) is 5. The van der Waals surface area contributed by atoms with Gasteiger partial charge in [-0.15, -0.1) is 5.10 Å². The molecule has 2 N–H and O–H groups in total. The smallest absolute Gasteiger partial charge is 0.257 e. The largest absolute Gasteiger partial charge is 0.436 e. The van der Waals surface area contributed by atoms with E-state index >= 15 is 0 Å². The van der Waals surface area contributed by atoms with E-state index in [1.807, 2.05) is 13.8 Å². The maximum absolute atomic E-state index is 9.20. The molecule has 0 saturated carbocycles. The highest BCUT2D eigenvalue weighted by molar-refractivity contribution is 5.50. The van der Waals surface area contributed by atoms with Crippen molar-refractivity contribution in [1.82, 2.24) is 10.2 Å². The van der Waals surface area contributed by atoms with Crippen LogP contribution in [0, 0.1) is 32.1 Å². The van der Waals surface area contributed by atoms with Crippen molar-refractivity contribution >= 4 is 5.69 Å². The summed E-state index contributed by atoms with van der Waals surface area (Å²) in [5.74, 6) is 0.835. The van der Waals surface area contributed by atoms with Crippen molar-refractivity contribution in [3.05, 3.63) is 40.6 Å². The minimum Gasteiger partial charge on any atom is -0.436 e. The van der Waals surface area contributed by atoms with E-state index in [0.717, 1.165) is 16.8 Å². The molecule has 1 aromatic heterocycles. The first-order chi connectivity index (χ1) is 9.02. The molecule has 0 fully saturated rings. The Morgan fingerprint density at radius 2 is 1.95 bits per heavy atom. The van der Waals surface area contributed by atoms with Crippen LogP contribution in [0.4, 0.5) is 5.69 Å². The number of nitriles is 1. The monoisotopic (exact) mass is 254 g/mol. The molecule has 0 bridgehead atoms. The molecule has 96 valence electrons. The van der Waals surface area contributed by atoms with Crippen LogP contribution in [0.1, 0.15) is 22.4 Å². The van der Waals surface area contributed by atoms with Crippen LogP contribution in [0.3, 0.4) is 0 Å². The Labute approximate surface area is 111 Å². The molecule has 1 aromatic carbocycles. The van der Waals surface area contributed by atoms with Gasteiger partial charge in [-0.1, -0.05) is 0 Å². The Morgan fingerprint density at radius 3 is 2.58 bits per heavy atom. The number of aromatic nitrogens is 2. The van der Waals surface area contributed by atoms with Crippen LogP contribution in [-0.2, 0) is 0 Å². The number of aryl methyl sites for hydroxylation is 2. The summed E-state index contributed by atoms with van der Waals surface area (Å²) in [6, 6.07) is 7.40. The van der Waals surface area contributed by atoms with E-state index in [9.17, 15) is 5.26 Å². The third-order valence-electron chi connectivity index (χ3n) is 2.94. The molecule has 5 nitrogen and oxygen atoms in total. The number of nitrogens with two attached hydrogens (primary N) is 1. The second kappa shape index (κ2) is 4.94. The Kier molecular flexibility index (Phi) is 3.34. The van der Waals surface area contributed by atoms with Crippen molar-refractivity contribution in [2.45, 2.75) is 20.8 Å². The highest BCUT2D eigenvalue weighted by Gasteiger charge is 2.13. The zero-order valence-electron chi connectivity index (χ0n) is 11.1. The topological polar surface area (TPSA) is 84.8 Å². The Morgan fingerprint density at radius 1 is 1.21 bits per heavy atom. The molecule has 0 spiro atoms. The first-order valence-corrected chi connectivity index (χ1v) is 5.81. The van der Waals surface area contributed by atoms with Gasteiger partial charge in [0.2, 0.25) is 0 Å². The van der Waals surface area contributed by atoms with E-state index < -0.39 is 0 Å². The van der Waals surface area contributed by atoms with Crippen molar-refractivity contribution < 1.29 is 4.74 Å². The second-order valence-corrected chi connectivity index (χ2v) is 4.33. The molecule has 0 aliphatic rings. The maximum atomic E-state index is 9.20. The molecule has 5 heteroatoms. The maximum Gasteiger partial charge on any atom is 0.257 e. The molecule has 0 unspecified atom stereocenters. The number of nitrogen functional groups attached to an aromatic ring is 1. The van der Waals surface area contributed by atoms with Crippen LogP contribution in [-0.4, -0.2) is 10.2 Å². The summed E-state index contributed by atoms with van der Waals surface area (Å²) in [6.07, 6.45) is 0. The lowest BCUT2D eigenvalue weighted by Gasteiger charge is -2.10. The Hall–Kier alpha value is -2.61. The second-order valence-electron chi connectivity index (χ2n) is 4.33. The van der Waals surface area contributed by atoms with Crippen molar-refractivity contribution in [1.29, 1.82) is 5.26 Å². The predicted octanol–water partition coefficient (Wildman–Crippen LogP) is 2.65. The SMILES string of the molecule is Cc1cc(N)ccc1Oc1nnc(C)c(C)c1C#N. The first kappa shape index (κ1) is 12.8. The molecule has 2 aromatic rings. The summed E-state index contributed by atoms with van der Waals surface area (Å²) in [6.45, 7) is 5.51. The van der Waals surface area contributed by atoms with Crippen LogP contribution in [0.2, 0.25) is 0 Å². The van der Waals surface area contributed by atoms with Gasteiger partial charge >= 0.3 is 0 Å². The van der Waals surface area contributed by atoms with Gasteiger partial charge in [0.15, 0.2) is 0 Å². The van der Waals surface area contributed by atoms with Gasteiger partial charge < -0.3 is 10.5 Å². The fourth-order valence-corrected chi connectivity index (χ4v) is 1.68. The molecule has 1 heterocycles. The van der Waals surface area contributed by atoms with E-state index in [0.29, 0.717) is 17.0 Å². The number of rotatable bonds is 2. The van der Waals surface area contributed by atoms with Gasteiger partial charge in [-0.3, -0.25) is 0 Å². The zero-order valence-corrected chi connectivity index (χ0v) is 11.1. The van der Waals surface area contributed by atoms with Crippen LogP contribution >= 0.6 is 0 Å². The van der Waals surface area contributed by atoms with Gasteiger partial charge in [0.25, 0.3) is 5.88 Å². The fraction of sp³-hybridized carbons (Fsp3) is 0.214. The molecule has 2 rings (SSSR count). The molecular weight excluding hydrogens is 240 g/mol. The normalized spacial score (nSPS) is 10.0. The van der Waals surface area contributed by atoms with Gasteiger partial charge in [-0.05, 0) is 50.1 Å². The third kappa shape index (κ3) is 2.47. The van der Waals surface area contributed by atoms with E-state index in [1.165, 1.54) is 0 Å². The van der Waals surface area contributed by atoms with Gasteiger partial charge in [0, 0.05) is 5.69 Å². The van der Waals surface area contributed by atoms with E-state index in [2.05, 4.69) is 16.3 Å². The summed E-state index contributed by atoms with van der Waals surface area (Å²) < 4.78 is 5.67. The molecule has 0 amide bonds. The fourth-order valence-electron chi connectivity index (χ4n) is 1.68. The lowest BCUT2D eigenvalue weighted by molar-refractivity contribution is 0.448. The summed E-state index contributed by atoms with van der Waals surface area (Å²) >= 11 is 0. The average Bonchev–Trinajstić information content (AvgIpc) is 2.37. The minimum atomic E-state index is 0.221. The average molecular weight is 254 g/mol. The van der Waals surface area contributed by atoms with Crippen LogP contribution in [0.25, 0.3) is 0 Å². The zero-order chi connectivity index (χ0) is 14.0. The highest BCUT2D eigenvalue weighted by atomic mass is 16.5. The van der Waals surface area contributed by atoms with Crippen molar-refractivity contribution in [3.8, 4) is 17.7 Å². The molecule has 19 heavy (non-hydrogen) atoms. The summed E-state index contributed by atoms with van der Waals surface area (Å²) in [5, 5.41) is 17.1. The number of nitrogens with zero attached hydrogens (tertiary/aromatic N) is 3. The van der Waals surface area contributed by atoms with Crippen molar-refractivity contribution in [3.63, 3.8) is 0 Å². The predicted molar refractivity (Wildman–Crippen MR) is 71.9 cm³/mol. The van der Waals surface area contributed by atoms with Crippen LogP contribution in [0.15, 0.2) is 18.2 Å². The standard InChI is InChI=1S/C14H14N4O/c1-8-6-11(16)4-5-13(8)19-14-12(7-15)9(2)10(3)17-18-14/h4-6H,16H2,1-3H3. The van der Waals surface area contributed by atoms with E-state index in [4.69, 9.17) is 10.5 Å². The molecular formula is C14H14N4O. The van der Waals surface area contributed by atoms with Crippen LogP contribution in [0.5, 0.6) is 11.6 Å². The highest BCUT2D eigenvalue weighted by Crippen LogP contribution is 2.28. The quantitative estimate of drug-likeness (QED) is 0.833. The molecule has 0 aliphatic carbocycles. The van der Waals surface area contributed by atoms with Gasteiger partial charge in [-0.25, -0.2) is 0 Å². The van der Waals surface area contributed by atoms with E-state index in [1.54, 1.807) is 25.1 Å². The number of hydrogen-bond donors (Lipinski definition) is 1. The lowest BCUT2D eigenvalue weighted by atomic mass is 10.1. The Balaban J connectivity index is 2.44. The molecule has 0 aliphatic heterocycles. The van der Waals surface area contributed by atoms with Crippen molar-refractivity contribution in [2.75, 3.05) is 5.73 Å². The number of ether oxygens (including phenoxy) is 1. The van der Waals surface area contributed by atoms with Crippen molar-refractivity contribution in [2.24, 2.45) is 0 Å². The summed E-state index contributed by atoms with van der Waals surface area (Å²) in [4.78, 5) is 0. The minimum absolute atomic E-state index is 0.221. The molecule has 0 atom stereocenters. The third-order valence-corrected chi connectivity index (χ3v) is 2.94. The number of anilines is 1. The van der Waals surface area contributed by atoms with Gasteiger partial charge in [-0.2, -0.15) is 10.4 Å². The Bertz CT molecular complexity index is 674. The lowest BCUT2D eigenvalue weighted by Crippen LogP contribution is -2.01. The number of benzene rings is 1. The van der Waals surface area contributed by atoms with Gasteiger partial charge in [0.1, 0.15) is 17.4 Å².